The first-order valence-corrected chi connectivity index (χ1v) is 6.57. The first-order valence-electron chi connectivity index (χ1n) is 6.57. The first kappa shape index (κ1) is 19.1. The summed E-state index contributed by atoms with van der Waals surface area (Å²) < 4.78 is 104. The van der Waals surface area contributed by atoms with E-state index in [9.17, 15) is 40.2 Å². The molecule has 2 rings (SSSR count). The molecule has 0 saturated heterocycles. The number of pyridine rings is 1. The average Bonchev–Trinajstić information content (AvgIpc) is 2.53. The van der Waals surface area contributed by atoms with E-state index in [-0.39, 0.29) is 0 Å². The van der Waals surface area contributed by atoms with Gasteiger partial charge in [0.05, 0.1) is 5.56 Å². The van der Waals surface area contributed by atoms with Crippen LogP contribution in [0.4, 0.5) is 35.1 Å². The third kappa shape index (κ3) is 3.17. The van der Waals surface area contributed by atoms with Gasteiger partial charge in [-0.1, -0.05) is 12.1 Å². The lowest BCUT2D eigenvalue weighted by atomic mass is 9.80. The fourth-order valence-corrected chi connectivity index (χ4v) is 2.23. The Bertz CT molecular complexity index is 724. The molecule has 10 heteroatoms. The Balaban J connectivity index is 2.69. The summed E-state index contributed by atoms with van der Waals surface area (Å²) in [4.78, 5) is 3.46. The quantitative estimate of drug-likeness (QED) is 0.804. The molecule has 0 amide bonds. The Morgan fingerprint density at radius 1 is 0.640 bits per heavy atom. The Hall–Kier alpha value is -2.23. The minimum absolute atomic E-state index is 0.313. The largest absolute Gasteiger partial charge is 0.457 e. The van der Waals surface area contributed by atoms with Gasteiger partial charge in [-0.15, -0.1) is 0 Å². The second-order valence-electron chi connectivity index (χ2n) is 5.09. The van der Waals surface area contributed by atoms with Crippen LogP contribution in [0, 0.1) is 0 Å². The van der Waals surface area contributed by atoms with Gasteiger partial charge in [0.25, 0.3) is 0 Å². The highest BCUT2D eigenvalue weighted by Crippen LogP contribution is 2.51. The van der Waals surface area contributed by atoms with Crippen LogP contribution in [0.2, 0.25) is 0 Å². The summed E-state index contributed by atoms with van der Waals surface area (Å²) in [5, 5.41) is 10.3. The van der Waals surface area contributed by atoms with Gasteiger partial charge in [-0.05, 0) is 35.4 Å². The lowest BCUT2D eigenvalue weighted by molar-refractivity contribution is -0.336. The summed E-state index contributed by atoms with van der Waals surface area (Å²) in [5.74, 6) is -5.68. The number of nitrogens with zero attached hydrogens (tertiary/aromatic N) is 1. The summed E-state index contributed by atoms with van der Waals surface area (Å²) in [6.45, 7) is 0. The fourth-order valence-electron chi connectivity index (χ4n) is 2.23. The predicted octanol–water partition coefficient (Wildman–Crippen LogP) is 4.53. The Morgan fingerprint density at radius 2 is 1.04 bits per heavy atom. The zero-order valence-corrected chi connectivity index (χ0v) is 12.0. The smallest absolute Gasteiger partial charge is 0.374 e. The topological polar surface area (TPSA) is 33.1 Å². The van der Waals surface area contributed by atoms with Crippen molar-refractivity contribution in [2.45, 2.75) is 23.9 Å². The van der Waals surface area contributed by atoms with Crippen molar-refractivity contribution in [3.8, 4) is 0 Å². The maximum absolute atomic E-state index is 14.1. The minimum Gasteiger partial charge on any atom is -0.374 e. The van der Waals surface area contributed by atoms with E-state index in [1.807, 2.05) is 0 Å². The van der Waals surface area contributed by atoms with Crippen LogP contribution in [0.3, 0.4) is 0 Å². The van der Waals surface area contributed by atoms with Crippen molar-refractivity contribution in [2.24, 2.45) is 0 Å². The number of rotatable bonds is 3. The molecule has 1 aromatic carbocycles. The zero-order chi connectivity index (χ0) is 19.1. The SMILES string of the molecule is OC(c1ccncc1)(c1ccc(C(F)(F)F)cc1)C(F)(F)C(F)(F)F. The van der Waals surface area contributed by atoms with Crippen molar-refractivity contribution in [3.05, 3.63) is 65.5 Å². The van der Waals surface area contributed by atoms with Crippen LogP contribution >= 0.6 is 0 Å². The van der Waals surface area contributed by atoms with Crippen molar-refractivity contribution < 1.29 is 40.2 Å². The van der Waals surface area contributed by atoms with Crippen LogP contribution in [0.15, 0.2) is 48.8 Å². The maximum Gasteiger partial charge on any atom is 0.457 e. The van der Waals surface area contributed by atoms with Crippen LogP contribution in [-0.4, -0.2) is 22.2 Å². The van der Waals surface area contributed by atoms with E-state index in [0.717, 1.165) is 24.5 Å². The summed E-state index contributed by atoms with van der Waals surface area (Å²) in [6, 6.07) is 2.82. The summed E-state index contributed by atoms with van der Waals surface area (Å²) in [6.07, 6.45) is -9.23. The van der Waals surface area contributed by atoms with Gasteiger partial charge in [-0.25, -0.2) is 0 Å². The molecule has 2 aromatic rings. The van der Waals surface area contributed by atoms with Crippen LogP contribution < -0.4 is 0 Å². The Kier molecular flexibility index (Phi) is 4.54. The molecule has 0 radical (unpaired) electrons. The fraction of sp³-hybridized carbons (Fsp3) is 0.267. The standard InChI is InChI=1S/C15H9F8NO/c16-13(17,18)11-3-1-9(2-4-11)12(25,10-5-7-24-8-6-10)14(19,20)15(21,22)23/h1-8,25H. The zero-order valence-electron chi connectivity index (χ0n) is 12.0. The van der Waals surface area contributed by atoms with E-state index >= 15 is 0 Å². The molecule has 25 heavy (non-hydrogen) atoms. The van der Waals surface area contributed by atoms with E-state index in [2.05, 4.69) is 4.98 Å². The third-order valence-corrected chi connectivity index (χ3v) is 3.54. The van der Waals surface area contributed by atoms with Gasteiger partial charge in [-0.2, -0.15) is 35.1 Å². The van der Waals surface area contributed by atoms with Crippen LogP contribution in [0.1, 0.15) is 16.7 Å². The summed E-state index contributed by atoms with van der Waals surface area (Å²) >= 11 is 0. The van der Waals surface area contributed by atoms with Gasteiger partial charge in [0.1, 0.15) is 0 Å². The number of aromatic nitrogens is 1. The van der Waals surface area contributed by atoms with Crippen molar-refractivity contribution >= 4 is 0 Å². The third-order valence-electron chi connectivity index (χ3n) is 3.54. The predicted molar refractivity (Wildman–Crippen MR) is 69.7 cm³/mol. The van der Waals surface area contributed by atoms with Crippen molar-refractivity contribution in [3.63, 3.8) is 0 Å². The molecule has 1 aromatic heterocycles. The van der Waals surface area contributed by atoms with Gasteiger partial charge in [0.15, 0.2) is 5.60 Å². The van der Waals surface area contributed by atoms with Crippen LogP contribution in [0.5, 0.6) is 0 Å². The summed E-state index contributed by atoms with van der Waals surface area (Å²) in [5.41, 5.74) is -7.11. The molecule has 1 heterocycles. The molecule has 1 unspecified atom stereocenters. The van der Waals surface area contributed by atoms with Gasteiger partial charge in [0, 0.05) is 12.4 Å². The number of alkyl halides is 8. The number of halogens is 8. The van der Waals surface area contributed by atoms with E-state index in [0.29, 0.717) is 24.3 Å². The normalized spacial score (nSPS) is 15.7. The monoisotopic (exact) mass is 371 g/mol. The second-order valence-corrected chi connectivity index (χ2v) is 5.09. The Labute approximate surface area is 135 Å². The highest BCUT2D eigenvalue weighted by molar-refractivity contribution is 5.40. The molecule has 0 spiro atoms. The molecule has 136 valence electrons. The van der Waals surface area contributed by atoms with Gasteiger partial charge in [0.2, 0.25) is 0 Å². The van der Waals surface area contributed by atoms with E-state index in [1.165, 1.54) is 0 Å². The molecule has 0 aliphatic carbocycles. The van der Waals surface area contributed by atoms with Gasteiger partial charge >= 0.3 is 18.3 Å². The molecule has 0 aliphatic heterocycles. The average molecular weight is 371 g/mol. The van der Waals surface area contributed by atoms with Crippen molar-refractivity contribution in [1.29, 1.82) is 0 Å². The maximum atomic E-state index is 14.1. The first-order chi connectivity index (χ1) is 11.3. The number of aliphatic hydroxyl groups is 1. The molecule has 0 bridgehead atoms. The summed E-state index contributed by atoms with van der Waals surface area (Å²) in [7, 11) is 0. The van der Waals surface area contributed by atoms with E-state index in [4.69, 9.17) is 0 Å². The number of hydrogen-bond acceptors (Lipinski definition) is 2. The van der Waals surface area contributed by atoms with Crippen LogP contribution in [-0.2, 0) is 11.8 Å². The second kappa shape index (κ2) is 5.94. The van der Waals surface area contributed by atoms with E-state index < -0.39 is 40.6 Å². The molecule has 0 saturated carbocycles. The lowest BCUT2D eigenvalue weighted by Crippen LogP contribution is -2.55. The van der Waals surface area contributed by atoms with Crippen LogP contribution in [0.25, 0.3) is 0 Å². The van der Waals surface area contributed by atoms with Gasteiger partial charge < -0.3 is 5.11 Å². The molecule has 1 N–H and O–H groups in total. The highest BCUT2D eigenvalue weighted by Gasteiger charge is 2.71. The number of benzene rings is 1. The Morgan fingerprint density at radius 3 is 1.44 bits per heavy atom. The lowest BCUT2D eigenvalue weighted by Gasteiger charge is -2.37. The minimum atomic E-state index is -6.16. The molecule has 2 nitrogen and oxygen atoms in total. The molecule has 0 aliphatic rings. The van der Waals surface area contributed by atoms with E-state index in [1.54, 1.807) is 0 Å². The molecule has 0 fully saturated rings. The van der Waals surface area contributed by atoms with Gasteiger partial charge in [-0.3, -0.25) is 4.98 Å². The highest BCUT2D eigenvalue weighted by atomic mass is 19.4. The molecular formula is C15H9F8NO. The van der Waals surface area contributed by atoms with Crippen molar-refractivity contribution in [2.75, 3.05) is 0 Å². The van der Waals surface area contributed by atoms with Crippen molar-refractivity contribution in [1.82, 2.24) is 4.98 Å². The number of hydrogen-bond donors (Lipinski definition) is 1. The molecular weight excluding hydrogens is 362 g/mol. The molecule has 1 atom stereocenters.